The Balaban J connectivity index is 2.09. The summed E-state index contributed by atoms with van der Waals surface area (Å²) in [6.45, 7) is 2.99. The van der Waals surface area contributed by atoms with Crippen molar-refractivity contribution < 1.29 is 0 Å². The predicted octanol–water partition coefficient (Wildman–Crippen LogP) is 3.06. The third-order valence-electron chi connectivity index (χ3n) is 3.80. The largest absolute Gasteiger partial charge is 0.330 e. The monoisotopic (exact) mass is 203 g/mol. The van der Waals surface area contributed by atoms with Crippen LogP contribution >= 0.6 is 0 Å². The predicted molar refractivity (Wildman–Crippen MR) is 64.8 cm³/mol. The first-order chi connectivity index (χ1) is 7.24. The fourth-order valence-corrected chi connectivity index (χ4v) is 2.72. The van der Waals surface area contributed by atoms with Gasteiger partial charge in [0.15, 0.2) is 0 Å². The molecule has 1 aliphatic carbocycles. The van der Waals surface area contributed by atoms with Gasteiger partial charge in [0.25, 0.3) is 0 Å². The Morgan fingerprint density at radius 2 is 1.73 bits per heavy atom. The van der Waals surface area contributed by atoms with E-state index in [0.29, 0.717) is 5.41 Å². The minimum Gasteiger partial charge on any atom is -0.330 e. The van der Waals surface area contributed by atoms with Crippen molar-refractivity contribution in [1.29, 1.82) is 0 Å². The molecule has 1 aromatic rings. The SMILES string of the molecule is Cc1ccc(CC2(CN)CCCC2)cc1. The summed E-state index contributed by atoms with van der Waals surface area (Å²) in [6.07, 6.45) is 6.53. The number of aryl methyl sites for hydroxylation is 1. The fraction of sp³-hybridized carbons (Fsp3) is 0.571. The van der Waals surface area contributed by atoms with E-state index in [1.165, 1.54) is 43.2 Å². The van der Waals surface area contributed by atoms with E-state index in [1.54, 1.807) is 0 Å². The van der Waals surface area contributed by atoms with E-state index >= 15 is 0 Å². The molecule has 0 unspecified atom stereocenters. The molecule has 0 amide bonds. The van der Waals surface area contributed by atoms with Crippen LogP contribution in [0.5, 0.6) is 0 Å². The summed E-state index contributed by atoms with van der Waals surface area (Å²) < 4.78 is 0. The number of hydrogen-bond acceptors (Lipinski definition) is 1. The number of hydrogen-bond donors (Lipinski definition) is 1. The van der Waals surface area contributed by atoms with E-state index < -0.39 is 0 Å². The second-order valence-electron chi connectivity index (χ2n) is 5.07. The maximum absolute atomic E-state index is 5.95. The summed E-state index contributed by atoms with van der Waals surface area (Å²) in [6, 6.07) is 8.92. The smallest absolute Gasteiger partial charge is 0.00173 e. The first-order valence-corrected chi connectivity index (χ1v) is 6.00. The second kappa shape index (κ2) is 4.36. The highest BCUT2D eigenvalue weighted by Gasteiger charge is 2.32. The van der Waals surface area contributed by atoms with E-state index in [1.807, 2.05) is 0 Å². The van der Waals surface area contributed by atoms with E-state index in [-0.39, 0.29) is 0 Å². The van der Waals surface area contributed by atoms with Gasteiger partial charge in [-0.05, 0) is 43.7 Å². The van der Waals surface area contributed by atoms with Gasteiger partial charge in [-0.3, -0.25) is 0 Å². The maximum Gasteiger partial charge on any atom is -0.00173 e. The van der Waals surface area contributed by atoms with Gasteiger partial charge >= 0.3 is 0 Å². The van der Waals surface area contributed by atoms with Gasteiger partial charge in [-0.25, -0.2) is 0 Å². The van der Waals surface area contributed by atoms with Crippen LogP contribution < -0.4 is 5.73 Å². The van der Waals surface area contributed by atoms with Crippen molar-refractivity contribution in [2.45, 2.75) is 39.0 Å². The molecule has 15 heavy (non-hydrogen) atoms. The zero-order valence-corrected chi connectivity index (χ0v) is 9.63. The Bertz CT molecular complexity index is 307. The summed E-state index contributed by atoms with van der Waals surface area (Å²) >= 11 is 0. The van der Waals surface area contributed by atoms with E-state index in [9.17, 15) is 0 Å². The van der Waals surface area contributed by atoms with Crippen molar-refractivity contribution in [2.75, 3.05) is 6.54 Å². The number of nitrogens with two attached hydrogens (primary N) is 1. The molecule has 0 bridgehead atoms. The van der Waals surface area contributed by atoms with Crippen LogP contribution in [0.3, 0.4) is 0 Å². The summed E-state index contributed by atoms with van der Waals surface area (Å²) in [7, 11) is 0. The fourth-order valence-electron chi connectivity index (χ4n) is 2.72. The van der Waals surface area contributed by atoms with Crippen molar-refractivity contribution in [3.63, 3.8) is 0 Å². The van der Waals surface area contributed by atoms with Gasteiger partial charge in [-0.1, -0.05) is 42.7 Å². The average Bonchev–Trinajstić information content (AvgIpc) is 2.71. The zero-order valence-electron chi connectivity index (χ0n) is 9.63. The highest BCUT2D eigenvalue weighted by molar-refractivity contribution is 5.22. The van der Waals surface area contributed by atoms with E-state index in [2.05, 4.69) is 31.2 Å². The molecule has 1 aromatic carbocycles. The quantitative estimate of drug-likeness (QED) is 0.802. The minimum absolute atomic E-state index is 0.412. The highest BCUT2D eigenvalue weighted by Crippen LogP contribution is 2.39. The molecule has 0 heterocycles. The first-order valence-electron chi connectivity index (χ1n) is 6.00. The molecule has 1 nitrogen and oxygen atoms in total. The van der Waals surface area contributed by atoms with Crippen molar-refractivity contribution in [3.8, 4) is 0 Å². The molecule has 1 aliphatic rings. The minimum atomic E-state index is 0.412. The van der Waals surface area contributed by atoms with Gasteiger partial charge in [0.1, 0.15) is 0 Å². The van der Waals surface area contributed by atoms with Crippen molar-refractivity contribution in [1.82, 2.24) is 0 Å². The molecule has 0 radical (unpaired) electrons. The molecule has 0 saturated heterocycles. The van der Waals surface area contributed by atoms with Gasteiger partial charge in [0.05, 0.1) is 0 Å². The van der Waals surface area contributed by atoms with Gasteiger partial charge < -0.3 is 5.73 Å². The molecular formula is C14H21N. The average molecular weight is 203 g/mol. The molecule has 1 saturated carbocycles. The lowest BCUT2D eigenvalue weighted by Gasteiger charge is -2.27. The third kappa shape index (κ3) is 2.40. The zero-order chi connectivity index (χ0) is 10.7. The Labute approximate surface area is 92.7 Å². The van der Waals surface area contributed by atoms with E-state index in [0.717, 1.165) is 6.54 Å². The second-order valence-corrected chi connectivity index (χ2v) is 5.07. The van der Waals surface area contributed by atoms with Crippen molar-refractivity contribution in [2.24, 2.45) is 11.1 Å². The number of benzene rings is 1. The Morgan fingerprint density at radius 3 is 2.27 bits per heavy atom. The Kier molecular flexibility index (Phi) is 3.11. The topological polar surface area (TPSA) is 26.0 Å². The maximum atomic E-state index is 5.95. The molecule has 0 atom stereocenters. The van der Waals surface area contributed by atoms with Crippen LogP contribution in [0.1, 0.15) is 36.8 Å². The third-order valence-corrected chi connectivity index (χ3v) is 3.80. The standard InChI is InChI=1S/C14H21N/c1-12-4-6-13(7-5-12)10-14(11-15)8-2-3-9-14/h4-7H,2-3,8-11,15H2,1H3. The van der Waals surface area contributed by atoms with Crippen LogP contribution in [0, 0.1) is 12.3 Å². The van der Waals surface area contributed by atoms with Gasteiger partial charge in [-0.2, -0.15) is 0 Å². The Morgan fingerprint density at radius 1 is 1.13 bits per heavy atom. The van der Waals surface area contributed by atoms with Crippen LogP contribution in [0.25, 0.3) is 0 Å². The highest BCUT2D eigenvalue weighted by atomic mass is 14.6. The molecular weight excluding hydrogens is 182 g/mol. The molecule has 0 aromatic heterocycles. The van der Waals surface area contributed by atoms with Gasteiger partial charge in [0.2, 0.25) is 0 Å². The summed E-state index contributed by atoms with van der Waals surface area (Å²) in [5.74, 6) is 0. The molecule has 1 fully saturated rings. The van der Waals surface area contributed by atoms with Crippen LogP contribution in [0.4, 0.5) is 0 Å². The molecule has 1 heteroatoms. The van der Waals surface area contributed by atoms with Crippen LogP contribution in [0.15, 0.2) is 24.3 Å². The lowest BCUT2D eigenvalue weighted by Crippen LogP contribution is -2.29. The Hall–Kier alpha value is -0.820. The van der Waals surface area contributed by atoms with Crippen LogP contribution in [0.2, 0.25) is 0 Å². The molecule has 2 rings (SSSR count). The summed E-state index contributed by atoms with van der Waals surface area (Å²) in [4.78, 5) is 0. The van der Waals surface area contributed by atoms with Gasteiger partial charge in [-0.15, -0.1) is 0 Å². The van der Waals surface area contributed by atoms with Crippen LogP contribution in [-0.2, 0) is 6.42 Å². The molecule has 0 aliphatic heterocycles. The molecule has 0 spiro atoms. The lowest BCUT2D eigenvalue weighted by molar-refractivity contribution is 0.306. The first kappa shape index (κ1) is 10.7. The van der Waals surface area contributed by atoms with Crippen LogP contribution in [-0.4, -0.2) is 6.54 Å². The van der Waals surface area contributed by atoms with Crippen molar-refractivity contribution in [3.05, 3.63) is 35.4 Å². The normalized spacial score (nSPS) is 19.3. The van der Waals surface area contributed by atoms with E-state index in [4.69, 9.17) is 5.73 Å². The lowest BCUT2D eigenvalue weighted by atomic mass is 9.80. The summed E-state index contributed by atoms with van der Waals surface area (Å²) in [5, 5.41) is 0. The van der Waals surface area contributed by atoms with Crippen molar-refractivity contribution >= 4 is 0 Å². The van der Waals surface area contributed by atoms with Gasteiger partial charge in [0, 0.05) is 0 Å². The number of rotatable bonds is 3. The molecule has 82 valence electrons. The molecule has 2 N–H and O–H groups in total. The summed E-state index contributed by atoms with van der Waals surface area (Å²) in [5.41, 5.74) is 9.15.